The van der Waals surface area contributed by atoms with Gasteiger partial charge < -0.3 is 29.7 Å². The zero-order chi connectivity index (χ0) is 23.1. The molecule has 1 aliphatic heterocycles. The fraction of sp³-hybridized carbons (Fsp3) is 0.417. The number of amides is 3. The number of nitrogens with zero attached hydrogens (tertiary/aromatic N) is 1. The van der Waals surface area contributed by atoms with Gasteiger partial charge in [0.25, 0.3) is 0 Å². The minimum absolute atomic E-state index is 0.0696. The molecule has 2 aromatic carbocycles. The normalized spacial score (nSPS) is 17.9. The Morgan fingerprint density at radius 1 is 1.03 bits per heavy atom. The quantitative estimate of drug-likeness (QED) is 0.685. The summed E-state index contributed by atoms with van der Waals surface area (Å²) in [5.41, 5.74) is 0.838. The standard InChI is InChI=1S/C24H31N3O5/c1-24(22(28)25-15-17-7-5-8-18(13-17)30-2)11-6-12-27(16-24)23(29)26-20-10-9-19(31-3)14-21(20)32-4/h5,7-10,13-14H,6,11-12,15-16H2,1-4H3,(H,25,28)(H,26,29)/t24-/m0/s1. The number of anilines is 1. The van der Waals surface area contributed by atoms with E-state index in [9.17, 15) is 9.59 Å². The summed E-state index contributed by atoms with van der Waals surface area (Å²) in [6.45, 7) is 3.23. The number of piperidine rings is 1. The van der Waals surface area contributed by atoms with Gasteiger partial charge in [-0.1, -0.05) is 12.1 Å². The van der Waals surface area contributed by atoms with E-state index in [1.54, 1.807) is 37.3 Å². The van der Waals surface area contributed by atoms with E-state index in [1.807, 2.05) is 31.2 Å². The number of ether oxygens (including phenoxy) is 3. The lowest BCUT2D eigenvalue weighted by atomic mass is 9.81. The van der Waals surface area contributed by atoms with Gasteiger partial charge in [0.05, 0.1) is 32.4 Å². The van der Waals surface area contributed by atoms with Crippen molar-refractivity contribution in [3.8, 4) is 17.2 Å². The molecule has 0 bridgehead atoms. The molecular weight excluding hydrogens is 410 g/mol. The Balaban J connectivity index is 1.62. The van der Waals surface area contributed by atoms with Crippen molar-refractivity contribution >= 4 is 17.6 Å². The molecule has 0 aliphatic carbocycles. The van der Waals surface area contributed by atoms with Gasteiger partial charge in [-0.3, -0.25) is 4.79 Å². The zero-order valence-corrected chi connectivity index (χ0v) is 19.1. The van der Waals surface area contributed by atoms with Crippen molar-refractivity contribution in [2.24, 2.45) is 5.41 Å². The van der Waals surface area contributed by atoms with E-state index in [2.05, 4.69) is 10.6 Å². The van der Waals surface area contributed by atoms with Crippen LogP contribution in [0.4, 0.5) is 10.5 Å². The molecule has 1 aliphatic rings. The maximum absolute atomic E-state index is 13.0. The Kier molecular flexibility index (Phi) is 7.45. The van der Waals surface area contributed by atoms with E-state index in [0.717, 1.165) is 17.7 Å². The molecule has 0 aromatic heterocycles. The number of hydrogen-bond acceptors (Lipinski definition) is 5. The molecule has 1 saturated heterocycles. The van der Waals surface area contributed by atoms with Crippen molar-refractivity contribution in [1.82, 2.24) is 10.2 Å². The van der Waals surface area contributed by atoms with Crippen LogP contribution in [0.15, 0.2) is 42.5 Å². The number of likely N-dealkylation sites (tertiary alicyclic amines) is 1. The van der Waals surface area contributed by atoms with Crippen LogP contribution in [-0.4, -0.2) is 51.3 Å². The lowest BCUT2D eigenvalue weighted by Gasteiger charge is -2.39. The van der Waals surface area contributed by atoms with Crippen LogP contribution in [0.1, 0.15) is 25.3 Å². The molecule has 1 heterocycles. The number of urea groups is 1. The summed E-state index contributed by atoms with van der Waals surface area (Å²) in [5, 5.41) is 5.90. The van der Waals surface area contributed by atoms with Gasteiger partial charge in [0.15, 0.2) is 0 Å². The third-order valence-electron chi connectivity index (χ3n) is 5.77. The van der Waals surface area contributed by atoms with Crippen molar-refractivity contribution in [3.63, 3.8) is 0 Å². The first-order valence-electron chi connectivity index (χ1n) is 10.6. The monoisotopic (exact) mass is 441 g/mol. The first-order valence-corrected chi connectivity index (χ1v) is 10.6. The van der Waals surface area contributed by atoms with Gasteiger partial charge in [0, 0.05) is 25.7 Å². The minimum Gasteiger partial charge on any atom is -0.497 e. The molecule has 8 heteroatoms. The largest absolute Gasteiger partial charge is 0.497 e. The molecular formula is C24H31N3O5. The molecule has 2 N–H and O–H groups in total. The fourth-order valence-corrected chi connectivity index (χ4v) is 3.87. The van der Waals surface area contributed by atoms with E-state index in [1.165, 1.54) is 7.11 Å². The van der Waals surface area contributed by atoms with E-state index in [4.69, 9.17) is 14.2 Å². The van der Waals surface area contributed by atoms with Crippen molar-refractivity contribution in [3.05, 3.63) is 48.0 Å². The van der Waals surface area contributed by atoms with Crippen LogP contribution in [0.2, 0.25) is 0 Å². The molecule has 2 aromatic rings. The van der Waals surface area contributed by atoms with Crippen LogP contribution in [-0.2, 0) is 11.3 Å². The Bertz CT molecular complexity index is 964. The average molecular weight is 442 g/mol. The van der Waals surface area contributed by atoms with Crippen LogP contribution in [0.5, 0.6) is 17.2 Å². The second-order valence-electron chi connectivity index (χ2n) is 8.12. The van der Waals surface area contributed by atoms with E-state index >= 15 is 0 Å². The number of rotatable bonds is 7. The highest BCUT2D eigenvalue weighted by molar-refractivity contribution is 5.92. The summed E-state index contributed by atoms with van der Waals surface area (Å²) in [6.07, 6.45) is 1.46. The maximum atomic E-state index is 13.0. The average Bonchev–Trinajstić information content (AvgIpc) is 2.82. The Hall–Kier alpha value is -3.42. The van der Waals surface area contributed by atoms with Gasteiger partial charge in [-0.05, 0) is 49.6 Å². The van der Waals surface area contributed by atoms with Gasteiger partial charge >= 0.3 is 6.03 Å². The lowest BCUT2D eigenvalue weighted by Crippen LogP contribution is -2.52. The van der Waals surface area contributed by atoms with Crippen molar-refractivity contribution in [1.29, 1.82) is 0 Å². The lowest BCUT2D eigenvalue weighted by molar-refractivity contribution is -0.132. The minimum atomic E-state index is -0.668. The number of carbonyl (C=O) groups excluding carboxylic acids is 2. The van der Waals surface area contributed by atoms with Crippen LogP contribution in [0.3, 0.4) is 0 Å². The van der Waals surface area contributed by atoms with Crippen molar-refractivity contribution in [2.45, 2.75) is 26.3 Å². The number of nitrogens with one attached hydrogen (secondary N) is 2. The number of benzene rings is 2. The van der Waals surface area contributed by atoms with Gasteiger partial charge in [-0.15, -0.1) is 0 Å². The predicted octanol–water partition coefficient (Wildman–Crippen LogP) is 3.66. The molecule has 1 fully saturated rings. The van der Waals surface area contributed by atoms with Crippen LogP contribution in [0, 0.1) is 5.41 Å². The summed E-state index contributed by atoms with van der Waals surface area (Å²) in [5.74, 6) is 1.82. The fourth-order valence-electron chi connectivity index (χ4n) is 3.87. The maximum Gasteiger partial charge on any atom is 0.321 e. The molecule has 0 saturated carbocycles. The van der Waals surface area contributed by atoms with Gasteiger partial charge in [0.2, 0.25) is 5.91 Å². The third-order valence-corrected chi connectivity index (χ3v) is 5.77. The molecule has 0 radical (unpaired) electrons. The van der Waals surface area contributed by atoms with Crippen LogP contribution >= 0.6 is 0 Å². The molecule has 32 heavy (non-hydrogen) atoms. The molecule has 0 unspecified atom stereocenters. The second kappa shape index (κ2) is 10.3. The summed E-state index contributed by atoms with van der Waals surface area (Å²) >= 11 is 0. The van der Waals surface area contributed by atoms with E-state index < -0.39 is 5.41 Å². The Morgan fingerprint density at radius 2 is 1.78 bits per heavy atom. The third kappa shape index (κ3) is 5.43. The summed E-state index contributed by atoms with van der Waals surface area (Å²) < 4.78 is 15.8. The predicted molar refractivity (Wildman–Crippen MR) is 122 cm³/mol. The molecule has 8 nitrogen and oxygen atoms in total. The Labute approximate surface area is 188 Å². The molecule has 172 valence electrons. The van der Waals surface area contributed by atoms with Crippen LogP contribution < -0.4 is 24.8 Å². The Morgan fingerprint density at radius 3 is 2.50 bits per heavy atom. The van der Waals surface area contributed by atoms with E-state index in [0.29, 0.717) is 43.2 Å². The SMILES string of the molecule is COc1cccc(CNC(=O)[C@@]2(C)CCCN(C(=O)Nc3ccc(OC)cc3OC)C2)c1. The first kappa shape index (κ1) is 23.2. The van der Waals surface area contributed by atoms with Crippen molar-refractivity contribution < 1.29 is 23.8 Å². The number of hydrogen-bond donors (Lipinski definition) is 2. The summed E-state index contributed by atoms with van der Waals surface area (Å²) in [7, 11) is 4.72. The van der Waals surface area contributed by atoms with Gasteiger partial charge in [-0.2, -0.15) is 0 Å². The topological polar surface area (TPSA) is 89.1 Å². The highest BCUT2D eigenvalue weighted by Crippen LogP contribution is 2.32. The highest BCUT2D eigenvalue weighted by Gasteiger charge is 2.39. The number of methoxy groups -OCH3 is 3. The zero-order valence-electron chi connectivity index (χ0n) is 19.1. The molecule has 3 rings (SSSR count). The van der Waals surface area contributed by atoms with Gasteiger partial charge in [0.1, 0.15) is 17.2 Å². The molecule has 1 atom stereocenters. The molecule has 0 spiro atoms. The summed E-state index contributed by atoms with van der Waals surface area (Å²) in [4.78, 5) is 27.6. The summed E-state index contributed by atoms with van der Waals surface area (Å²) in [6, 6.07) is 12.5. The van der Waals surface area contributed by atoms with Crippen molar-refractivity contribution in [2.75, 3.05) is 39.7 Å². The van der Waals surface area contributed by atoms with Gasteiger partial charge in [-0.25, -0.2) is 4.79 Å². The van der Waals surface area contributed by atoms with Crippen LogP contribution in [0.25, 0.3) is 0 Å². The number of carbonyl (C=O) groups is 2. The second-order valence-corrected chi connectivity index (χ2v) is 8.12. The van der Waals surface area contributed by atoms with E-state index in [-0.39, 0.29) is 11.9 Å². The molecule has 3 amide bonds. The highest BCUT2D eigenvalue weighted by atomic mass is 16.5. The smallest absolute Gasteiger partial charge is 0.321 e. The first-order chi connectivity index (χ1) is 15.4.